The van der Waals surface area contributed by atoms with Gasteiger partial charge in [0.2, 0.25) is 5.88 Å². The normalized spacial score (nSPS) is 18.5. The average Bonchev–Trinajstić information content (AvgIpc) is 3.21. The molecule has 0 radical (unpaired) electrons. The highest BCUT2D eigenvalue weighted by atomic mass is 16.5. The van der Waals surface area contributed by atoms with E-state index in [1.165, 1.54) is 0 Å². The zero-order chi connectivity index (χ0) is 22.3. The molecule has 0 bridgehead atoms. The number of amidine groups is 1. The van der Waals surface area contributed by atoms with Crippen molar-refractivity contribution in [2.75, 3.05) is 13.7 Å². The fourth-order valence-corrected chi connectivity index (χ4v) is 3.71. The number of rotatable bonds is 2. The van der Waals surface area contributed by atoms with Crippen molar-refractivity contribution in [1.29, 1.82) is 0 Å². The number of nitrogens with two attached hydrogens (primary N) is 1. The highest BCUT2D eigenvalue weighted by Crippen LogP contribution is 2.51. The van der Waals surface area contributed by atoms with Crippen LogP contribution in [0.5, 0.6) is 11.6 Å². The summed E-state index contributed by atoms with van der Waals surface area (Å²) in [7, 11) is 1.63. The van der Waals surface area contributed by atoms with Gasteiger partial charge in [-0.05, 0) is 43.7 Å². The van der Waals surface area contributed by atoms with Crippen LogP contribution in [0.1, 0.15) is 30.5 Å². The van der Waals surface area contributed by atoms with E-state index in [1.54, 1.807) is 25.7 Å². The number of methoxy groups -OCH3 is 1. The van der Waals surface area contributed by atoms with Crippen molar-refractivity contribution in [1.82, 2.24) is 15.2 Å². The molecule has 5 rings (SSSR count). The van der Waals surface area contributed by atoms with Gasteiger partial charge in [-0.3, -0.25) is 0 Å². The van der Waals surface area contributed by atoms with Crippen LogP contribution in [0.25, 0.3) is 11.1 Å². The van der Waals surface area contributed by atoms with Crippen LogP contribution in [-0.2, 0) is 15.0 Å². The second-order valence-corrected chi connectivity index (χ2v) is 8.08. The molecule has 0 saturated heterocycles. The van der Waals surface area contributed by atoms with Crippen LogP contribution >= 0.6 is 0 Å². The highest BCUT2D eigenvalue weighted by Gasteiger charge is 2.47. The van der Waals surface area contributed by atoms with Crippen LogP contribution in [-0.4, -0.2) is 40.5 Å². The Morgan fingerprint density at radius 1 is 1.09 bits per heavy atom. The lowest BCUT2D eigenvalue weighted by molar-refractivity contribution is 0.0742. The molecule has 4 heterocycles. The van der Waals surface area contributed by atoms with Crippen LogP contribution in [0.3, 0.4) is 0 Å². The third-order valence-electron chi connectivity index (χ3n) is 5.59. The lowest BCUT2D eigenvalue weighted by atomic mass is 9.81. The minimum atomic E-state index is -0.884. The number of hydrogen-bond acceptors (Lipinski definition) is 8. The molecule has 1 spiro atoms. The molecule has 160 valence electrons. The van der Waals surface area contributed by atoms with Gasteiger partial charge in [-0.25, -0.2) is 9.98 Å². The van der Waals surface area contributed by atoms with Crippen LogP contribution in [0.4, 0.5) is 0 Å². The zero-order valence-corrected chi connectivity index (χ0v) is 17.9. The molecular formula is C24H21N5O3. The number of nitrogens with zero attached hydrogens (tertiary/aromatic N) is 4. The highest BCUT2D eigenvalue weighted by molar-refractivity contribution is 5.77. The minimum absolute atomic E-state index is 0.122. The lowest BCUT2D eigenvalue weighted by Gasteiger charge is -2.33. The maximum absolute atomic E-state index is 6.13. The fraction of sp³-hybridized carbons (Fsp3) is 0.250. The van der Waals surface area contributed by atoms with Gasteiger partial charge < -0.3 is 19.9 Å². The van der Waals surface area contributed by atoms with Gasteiger partial charge in [0.05, 0.1) is 18.0 Å². The SMILES string of the molecule is COC(C)(C)C#Cc1cnc2c(c1)C1(COC(N)=N1)c1cc(-c3ccnnc3)ccc1O2. The molecule has 2 aliphatic heterocycles. The van der Waals surface area contributed by atoms with Crippen molar-refractivity contribution in [2.24, 2.45) is 10.7 Å². The van der Waals surface area contributed by atoms with Crippen LogP contribution in [0, 0.1) is 11.8 Å². The fourth-order valence-electron chi connectivity index (χ4n) is 3.71. The number of fused-ring (bicyclic) bond motifs is 4. The molecule has 32 heavy (non-hydrogen) atoms. The number of benzene rings is 1. The van der Waals surface area contributed by atoms with Crippen molar-refractivity contribution in [3.05, 3.63) is 65.6 Å². The first-order chi connectivity index (χ1) is 15.4. The smallest absolute Gasteiger partial charge is 0.283 e. The summed E-state index contributed by atoms with van der Waals surface area (Å²) < 4.78 is 17.2. The predicted octanol–water partition coefficient (Wildman–Crippen LogP) is 3.01. The molecule has 2 aromatic heterocycles. The van der Waals surface area contributed by atoms with Crippen molar-refractivity contribution in [2.45, 2.75) is 25.0 Å². The van der Waals surface area contributed by atoms with E-state index in [4.69, 9.17) is 24.9 Å². The van der Waals surface area contributed by atoms with E-state index in [9.17, 15) is 0 Å². The first-order valence-electron chi connectivity index (χ1n) is 10.1. The van der Waals surface area contributed by atoms with Gasteiger partial charge in [-0.2, -0.15) is 10.2 Å². The van der Waals surface area contributed by atoms with E-state index in [1.807, 2.05) is 44.2 Å². The Bertz CT molecular complexity index is 1290. The first-order valence-corrected chi connectivity index (χ1v) is 10.1. The van der Waals surface area contributed by atoms with Gasteiger partial charge in [0.15, 0.2) is 5.54 Å². The van der Waals surface area contributed by atoms with Crippen molar-refractivity contribution in [3.63, 3.8) is 0 Å². The topological polar surface area (TPSA) is 105 Å². The van der Waals surface area contributed by atoms with Gasteiger partial charge in [-0.1, -0.05) is 17.9 Å². The Morgan fingerprint density at radius 2 is 1.97 bits per heavy atom. The summed E-state index contributed by atoms with van der Waals surface area (Å²) >= 11 is 0. The minimum Gasteiger partial charge on any atom is -0.462 e. The Labute approximate surface area is 185 Å². The number of pyridine rings is 1. The van der Waals surface area contributed by atoms with E-state index < -0.39 is 11.1 Å². The van der Waals surface area contributed by atoms with E-state index in [2.05, 4.69) is 27.0 Å². The standard InChI is InChI=1S/C24H21N5O3/c1-23(2,30-3)8-6-15-10-19-21(26-12-15)32-20-5-4-16(17-7-9-27-28-13-17)11-18(20)24(19)14-31-22(25)29-24/h4-5,7,9-13H,14H2,1-3H3,(H2,25,29). The number of aromatic nitrogens is 3. The molecule has 1 unspecified atom stereocenters. The molecule has 8 nitrogen and oxygen atoms in total. The maximum Gasteiger partial charge on any atom is 0.283 e. The average molecular weight is 427 g/mol. The molecule has 2 N–H and O–H groups in total. The Kier molecular flexibility index (Phi) is 4.57. The monoisotopic (exact) mass is 427 g/mol. The van der Waals surface area contributed by atoms with Gasteiger partial charge in [0, 0.05) is 30.0 Å². The van der Waals surface area contributed by atoms with Gasteiger partial charge in [-0.15, -0.1) is 0 Å². The van der Waals surface area contributed by atoms with E-state index in [0.717, 1.165) is 27.8 Å². The van der Waals surface area contributed by atoms with Crippen molar-refractivity contribution >= 4 is 6.02 Å². The Balaban J connectivity index is 1.66. The molecular weight excluding hydrogens is 406 g/mol. The second-order valence-electron chi connectivity index (χ2n) is 8.08. The number of aliphatic imine (C=N–C) groups is 1. The number of hydrogen-bond donors (Lipinski definition) is 1. The third kappa shape index (κ3) is 3.33. The predicted molar refractivity (Wildman–Crippen MR) is 118 cm³/mol. The zero-order valence-electron chi connectivity index (χ0n) is 17.9. The molecule has 1 aromatic carbocycles. The summed E-state index contributed by atoms with van der Waals surface area (Å²) in [4.78, 5) is 9.23. The molecule has 8 heteroatoms. The molecule has 2 aliphatic rings. The van der Waals surface area contributed by atoms with Crippen LogP contribution < -0.4 is 10.5 Å². The van der Waals surface area contributed by atoms with Crippen LogP contribution in [0.2, 0.25) is 0 Å². The van der Waals surface area contributed by atoms with E-state index >= 15 is 0 Å². The number of ether oxygens (including phenoxy) is 3. The quantitative estimate of drug-likeness (QED) is 0.627. The van der Waals surface area contributed by atoms with Gasteiger partial charge >= 0.3 is 0 Å². The molecule has 1 atom stereocenters. The van der Waals surface area contributed by atoms with Crippen LogP contribution in [0.15, 0.2) is 53.9 Å². The molecule has 0 amide bonds. The summed E-state index contributed by atoms with van der Waals surface area (Å²) in [5, 5.41) is 7.84. The molecule has 0 saturated carbocycles. The third-order valence-corrected chi connectivity index (χ3v) is 5.59. The maximum atomic E-state index is 6.13. The van der Waals surface area contributed by atoms with Crippen molar-refractivity contribution < 1.29 is 14.2 Å². The lowest BCUT2D eigenvalue weighted by Crippen LogP contribution is -2.31. The summed E-state index contributed by atoms with van der Waals surface area (Å²) in [6, 6.07) is 9.83. The Hall–Kier alpha value is -3.96. The van der Waals surface area contributed by atoms with Crippen molar-refractivity contribution in [3.8, 4) is 34.6 Å². The molecule has 0 fully saturated rings. The van der Waals surface area contributed by atoms with E-state index in [0.29, 0.717) is 11.6 Å². The second kappa shape index (κ2) is 7.32. The summed E-state index contributed by atoms with van der Waals surface area (Å²) in [6.45, 7) is 4.04. The summed E-state index contributed by atoms with van der Waals surface area (Å²) in [5.74, 6) is 7.35. The first kappa shape index (κ1) is 20.0. The van der Waals surface area contributed by atoms with Gasteiger partial charge in [0.1, 0.15) is 18.0 Å². The molecule has 0 aliphatic carbocycles. The van der Waals surface area contributed by atoms with Gasteiger partial charge in [0.25, 0.3) is 6.02 Å². The largest absolute Gasteiger partial charge is 0.462 e. The van der Waals surface area contributed by atoms with E-state index in [-0.39, 0.29) is 12.6 Å². The summed E-state index contributed by atoms with van der Waals surface area (Å²) in [5.41, 5.74) is 8.70. The Morgan fingerprint density at radius 3 is 2.69 bits per heavy atom. The molecule has 3 aromatic rings. The summed E-state index contributed by atoms with van der Waals surface area (Å²) in [6.07, 6.45) is 5.04.